The number of nitrogens with zero attached hydrogens (tertiary/aromatic N) is 2. The minimum atomic E-state index is -1.16. The third-order valence-electron chi connectivity index (χ3n) is 3.54. The quantitative estimate of drug-likeness (QED) is 0.903. The van der Waals surface area contributed by atoms with Gasteiger partial charge in [0.05, 0.1) is 5.02 Å². The molecule has 1 amide bonds. The van der Waals surface area contributed by atoms with Crippen LogP contribution in [0.3, 0.4) is 0 Å². The number of rotatable bonds is 2. The Kier molecular flexibility index (Phi) is 3.75. The van der Waals surface area contributed by atoms with Crippen molar-refractivity contribution >= 4 is 23.5 Å². The van der Waals surface area contributed by atoms with Crippen LogP contribution in [-0.2, 0) is 4.79 Å². The van der Waals surface area contributed by atoms with Gasteiger partial charge < -0.3 is 10.0 Å². The van der Waals surface area contributed by atoms with E-state index in [0.29, 0.717) is 18.0 Å². The van der Waals surface area contributed by atoms with E-state index in [0.717, 1.165) is 12.8 Å². The van der Waals surface area contributed by atoms with Crippen LogP contribution in [0, 0.1) is 0 Å². The van der Waals surface area contributed by atoms with Crippen molar-refractivity contribution in [2.45, 2.75) is 31.7 Å². The van der Waals surface area contributed by atoms with E-state index < -0.39 is 11.5 Å². The van der Waals surface area contributed by atoms with Gasteiger partial charge in [0.25, 0.3) is 5.91 Å². The van der Waals surface area contributed by atoms with Gasteiger partial charge in [0, 0.05) is 12.7 Å². The lowest BCUT2D eigenvalue weighted by atomic mass is 9.88. The maximum absolute atomic E-state index is 12.4. The van der Waals surface area contributed by atoms with Crippen LogP contribution in [0.5, 0.6) is 0 Å². The number of halogens is 1. The molecule has 0 saturated carbocycles. The van der Waals surface area contributed by atoms with Crippen LogP contribution in [-0.4, -0.2) is 39.0 Å². The maximum Gasteiger partial charge on any atom is 0.329 e. The molecule has 1 aromatic heterocycles. The summed E-state index contributed by atoms with van der Waals surface area (Å²) in [5, 5.41) is 9.81. The molecule has 0 spiro atoms. The number of carbonyl (C=O) groups excluding carboxylic acids is 1. The number of aliphatic carboxylic acids is 1. The van der Waals surface area contributed by atoms with Gasteiger partial charge >= 0.3 is 5.97 Å². The number of carboxylic acid groups (broad SMARTS) is 1. The lowest BCUT2D eigenvalue weighted by Gasteiger charge is -2.41. The predicted molar refractivity (Wildman–Crippen MR) is 70.2 cm³/mol. The Bertz CT molecular complexity index is 503. The van der Waals surface area contributed by atoms with Crippen LogP contribution in [0.1, 0.15) is 36.7 Å². The molecular weight excluding hydrogens is 268 g/mol. The lowest BCUT2D eigenvalue weighted by Crippen LogP contribution is -2.57. The summed E-state index contributed by atoms with van der Waals surface area (Å²) in [6, 6.07) is 3.09. The monoisotopic (exact) mass is 282 g/mol. The van der Waals surface area contributed by atoms with Crippen molar-refractivity contribution in [3.63, 3.8) is 0 Å². The number of carboxylic acids is 1. The summed E-state index contributed by atoms with van der Waals surface area (Å²) < 4.78 is 0. The van der Waals surface area contributed by atoms with Crippen molar-refractivity contribution in [2.24, 2.45) is 0 Å². The van der Waals surface area contributed by atoms with Crippen LogP contribution in [0.4, 0.5) is 0 Å². The second-order valence-corrected chi connectivity index (χ2v) is 5.29. The average molecular weight is 283 g/mol. The first kappa shape index (κ1) is 13.8. The summed E-state index contributed by atoms with van der Waals surface area (Å²) in [6.07, 6.45) is 3.46. The number of likely N-dealkylation sites (tertiary alicyclic amines) is 1. The summed E-state index contributed by atoms with van der Waals surface area (Å²) >= 11 is 5.73. The molecule has 1 aliphatic heterocycles. The van der Waals surface area contributed by atoms with Gasteiger partial charge in [-0.2, -0.15) is 0 Å². The van der Waals surface area contributed by atoms with E-state index in [1.807, 2.05) is 0 Å². The van der Waals surface area contributed by atoms with Gasteiger partial charge in [-0.3, -0.25) is 4.79 Å². The fourth-order valence-electron chi connectivity index (χ4n) is 2.31. The molecule has 1 aliphatic rings. The van der Waals surface area contributed by atoms with E-state index in [2.05, 4.69) is 4.98 Å². The molecule has 1 saturated heterocycles. The number of carbonyl (C=O) groups is 2. The highest BCUT2D eigenvalue weighted by Gasteiger charge is 2.44. The molecule has 102 valence electrons. The normalized spacial score (nSPS) is 23.2. The van der Waals surface area contributed by atoms with Crippen molar-refractivity contribution in [2.75, 3.05) is 6.54 Å². The standard InChI is InChI=1S/C13H15ClN2O3/c1-13(12(18)19)6-2-3-7-16(13)11(17)10-5-4-9(14)8-15-10/h4-5,8H,2-3,6-7H2,1H3,(H,18,19). The van der Waals surface area contributed by atoms with Gasteiger partial charge in [-0.05, 0) is 38.3 Å². The minimum Gasteiger partial charge on any atom is -0.480 e. The SMILES string of the molecule is CC1(C(=O)O)CCCCN1C(=O)c1ccc(Cl)cn1. The second-order valence-electron chi connectivity index (χ2n) is 4.85. The van der Waals surface area contributed by atoms with Crippen LogP contribution in [0.25, 0.3) is 0 Å². The van der Waals surface area contributed by atoms with Crippen molar-refractivity contribution < 1.29 is 14.7 Å². The highest BCUT2D eigenvalue weighted by Crippen LogP contribution is 2.29. The second kappa shape index (κ2) is 5.17. The zero-order valence-corrected chi connectivity index (χ0v) is 11.4. The average Bonchev–Trinajstić information content (AvgIpc) is 2.39. The molecule has 0 bridgehead atoms. The summed E-state index contributed by atoms with van der Waals surface area (Å²) in [4.78, 5) is 29.2. The largest absolute Gasteiger partial charge is 0.480 e. The molecule has 0 aromatic carbocycles. The van der Waals surface area contributed by atoms with Gasteiger partial charge in [0.1, 0.15) is 11.2 Å². The Morgan fingerprint density at radius 1 is 1.42 bits per heavy atom. The van der Waals surface area contributed by atoms with Crippen molar-refractivity contribution in [3.8, 4) is 0 Å². The molecule has 1 N–H and O–H groups in total. The molecule has 2 heterocycles. The number of amides is 1. The summed E-state index contributed by atoms with van der Waals surface area (Å²) in [5.41, 5.74) is -0.935. The first-order valence-electron chi connectivity index (χ1n) is 6.12. The van der Waals surface area contributed by atoms with E-state index in [9.17, 15) is 14.7 Å². The van der Waals surface area contributed by atoms with Gasteiger partial charge in [0.15, 0.2) is 0 Å². The Labute approximate surface area is 116 Å². The van der Waals surface area contributed by atoms with E-state index in [1.54, 1.807) is 13.0 Å². The molecule has 5 nitrogen and oxygen atoms in total. The van der Waals surface area contributed by atoms with Gasteiger partial charge in [-0.15, -0.1) is 0 Å². The molecule has 2 rings (SSSR count). The lowest BCUT2D eigenvalue weighted by molar-refractivity contribution is -0.150. The van der Waals surface area contributed by atoms with Crippen LogP contribution in [0.2, 0.25) is 5.02 Å². The smallest absolute Gasteiger partial charge is 0.329 e. The fraction of sp³-hybridized carbons (Fsp3) is 0.462. The van der Waals surface area contributed by atoms with Gasteiger partial charge in [0.2, 0.25) is 0 Å². The third-order valence-corrected chi connectivity index (χ3v) is 3.77. The highest BCUT2D eigenvalue weighted by atomic mass is 35.5. The first-order chi connectivity index (χ1) is 8.95. The molecule has 0 aliphatic carbocycles. The Morgan fingerprint density at radius 3 is 2.74 bits per heavy atom. The zero-order chi connectivity index (χ0) is 14.0. The molecule has 6 heteroatoms. The molecule has 0 radical (unpaired) electrons. The molecule has 1 aromatic rings. The van der Waals surface area contributed by atoms with Crippen LogP contribution < -0.4 is 0 Å². The van der Waals surface area contributed by atoms with Crippen LogP contribution in [0.15, 0.2) is 18.3 Å². The number of aromatic nitrogens is 1. The molecule has 1 unspecified atom stereocenters. The Morgan fingerprint density at radius 2 is 2.16 bits per heavy atom. The van der Waals surface area contributed by atoms with Gasteiger partial charge in [-0.1, -0.05) is 11.6 Å². The van der Waals surface area contributed by atoms with Crippen molar-refractivity contribution in [1.29, 1.82) is 0 Å². The third kappa shape index (κ3) is 2.56. The Balaban J connectivity index is 2.30. The molecular formula is C13H15ClN2O3. The van der Waals surface area contributed by atoms with E-state index in [4.69, 9.17) is 11.6 Å². The van der Waals surface area contributed by atoms with Crippen molar-refractivity contribution in [1.82, 2.24) is 9.88 Å². The Hall–Kier alpha value is -1.62. The fourth-order valence-corrected chi connectivity index (χ4v) is 2.42. The van der Waals surface area contributed by atoms with Crippen LogP contribution >= 0.6 is 11.6 Å². The maximum atomic E-state index is 12.4. The first-order valence-corrected chi connectivity index (χ1v) is 6.50. The van der Waals surface area contributed by atoms with E-state index in [-0.39, 0.29) is 11.6 Å². The number of hydrogen-bond donors (Lipinski definition) is 1. The van der Waals surface area contributed by atoms with Gasteiger partial charge in [-0.25, -0.2) is 9.78 Å². The molecule has 19 heavy (non-hydrogen) atoms. The number of pyridine rings is 1. The minimum absolute atomic E-state index is 0.221. The molecule has 1 fully saturated rings. The summed E-state index contributed by atoms with van der Waals surface area (Å²) in [6.45, 7) is 2.02. The molecule has 1 atom stereocenters. The number of piperidine rings is 1. The van der Waals surface area contributed by atoms with E-state index >= 15 is 0 Å². The van der Waals surface area contributed by atoms with E-state index in [1.165, 1.54) is 17.2 Å². The topological polar surface area (TPSA) is 70.5 Å². The number of hydrogen-bond acceptors (Lipinski definition) is 3. The summed E-state index contributed by atoms with van der Waals surface area (Å²) in [7, 11) is 0. The highest BCUT2D eigenvalue weighted by molar-refractivity contribution is 6.30. The summed E-state index contributed by atoms with van der Waals surface area (Å²) in [5.74, 6) is -1.34. The predicted octanol–water partition coefficient (Wildman–Crippen LogP) is 2.20. The zero-order valence-electron chi connectivity index (χ0n) is 10.6. The van der Waals surface area contributed by atoms with Crippen molar-refractivity contribution in [3.05, 3.63) is 29.0 Å².